The van der Waals surface area contributed by atoms with Crippen LogP contribution >= 0.6 is 11.6 Å². The van der Waals surface area contributed by atoms with Crippen molar-refractivity contribution in [1.82, 2.24) is 9.80 Å². The molecule has 0 aliphatic carbocycles. The van der Waals surface area contributed by atoms with Crippen molar-refractivity contribution >= 4 is 17.6 Å². The number of nitriles is 1. The molecule has 0 saturated carbocycles. The van der Waals surface area contributed by atoms with Gasteiger partial charge in [0.25, 0.3) is 0 Å². The van der Waals surface area contributed by atoms with Crippen LogP contribution in [0.4, 0.5) is 0 Å². The first kappa shape index (κ1) is 15.8. The highest BCUT2D eigenvalue weighted by Crippen LogP contribution is 2.20. The summed E-state index contributed by atoms with van der Waals surface area (Å²) in [6, 6.07) is 7.45. The maximum atomic E-state index is 10.6. The Labute approximate surface area is 129 Å². The lowest BCUT2D eigenvalue weighted by Gasteiger charge is -2.34. The van der Waals surface area contributed by atoms with Gasteiger partial charge in [0.2, 0.25) is 0 Å². The zero-order valence-electron chi connectivity index (χ0n) is 11.8. The summed E-state index contributed by atoms with van der Waals surface area (Å²) in [7, 11) is 0. The number of carboxylic acids is 1. The second-order valence-electron chi connectivity index (χ2n) is 5.18. The Bertz CT molecular complexity index is 548. The number of benzene rings is 1. The molecule has 21 heavy (non-hydrogen) atoms. The zero-order valence-corrected chi connectivity index (χ0v) is 12.5. The van der Waals surface area contributed by atoms with Crippen LogP contribution in [0.25, 0.3) is 0 Å². The molecular formula is C15H18ClN3O2. The molecule has 1 saturated heterocycles. The van der Waals surface area contributed by atoms with Crippen molar-refractivity contribution in [2.75, 3.05) is 32.7 Å². The van der Waals surface area contributed by atoms with Crippen molar-refractivity contribution in [2.24, 2.45) is 0 Å². The summed E-state index contributed by atoms with van der Waals surface area (Å²) >= 11 is 6.19. The lowest BCUT2D eigenvalue weighted by molar-refractivity contribution is -0.137. The molecule has 1 aliphatic heterocycles. The summed E-state index contributed by atoms with van der Waals surface area (Å²) in [5.41, 5.74) is 1.59. The predicted octanol–water partition coefficient (Wildman–Crippen LogP) is 1.80. The maximum Gasteiger partial charge on any atom is 0.304 e. The van der Waals surface area contributed by atoms with Crippen LogP contribution in [-0.2, 0) is 11.3 Å². The zero-order chi connectivity index (χ0) is 15.2. The number of piperazine rings is 1. The van der Waals surface area contributed by atoms with Crippen molar-refractivity contribution in [1.29, 1.82) is 5.26 Å². The van der Waals surface area contributed by atoms with Crippen LogP contribution in [0.3, 0.4) is 0 Å². The first-order valence-electron chi connectivity index (χ1n) is 6.93. The molecular weight excluding hydrogens is 290 g/mol. The second-order valence-corrected chi connectivity index (χ2v) is 5.59. The minimum Gasteiger partial charge on any atom is -0.481 e. The first-order chi connectivity index (χ1) is 10.1. The van der Waals surface area contributed by atoms with Crippen LogP contribution in [0.2, 0.25) is 5.02 Å². The van der Waals surface area contributed by atoms with Crippen molar-refractivity contribution in [2.45, 2.75) is 13.0 Å². The molecule has 1 fully saturated rings. The number of carbonyl (C=O) groups is 1. The summed E-state index contributed by atoms with van der Waals surface area (Å²) in [5.74, 6) is -0.748. The van der Waals surface area contributed by atoms with E-state index in [1.54, 1.807) is 12.1 Å². The van der Waals surface area contributed by atoms with Crippen LogP contribution in [0.5, 0.6) is 0 Å². The van der Waals surface area contributed by atoms with Crippen LogP contribution in [0, 0.1) is 11.3 Å². The molecule has 1 aromatic carbocycles. The number of carboxylic acid groups (broad SMARTS) is 1. The summed E-state index contributed by atoms with van der Waals surface area (Å²) in [5, 5.41) is 18.1. The molecule has 1 aromatic rings. The number of hydrogen-bond acceptors (Lipinski definition) is 4. The third-order valence-corrected chi connectivity index (χ3v) is 4.03. The molecule has 0 radical (unpaired) electrons. The van der Waals surface area contributed by atoms with Gasteiger partial charge in [0.15, 0.2) is 0 Å². The predicted molar refractivity (Wildman–Crippen MR) is 80.1 cm³/mol. The Morgan fingerprint density at radius 1 is 1.29 bits per heavy atom. The molecule has 5 nitrogen and oxygen atoms in total. The first-order valence-corrected chi connectivity index (χ1v) is 7.31. The van der Waals surface area contributed by atoms with Crippen LogP contribution < -0.4 is 0 Å². The van der Waals surface area contributed by atoms with Gasteiger partial charge in [-0.2, -0.15) is 5.26 Å². The average molecular weight is 308 g/mol. The highest BCUT2D eigenvalue weighted by molar-refractivity contribution is 6.31. The van der Waals surface area contributed by atoms with Crippen LogP contribution in [0.1, 0.15) is 17.5 Å². The fourth-order valence-electron chi connectivity index (χ4n) is 2.41. The van der Waals surface area contributed by atoms with Gasteiger partial charge in [0.1, 0.15) is 0 Å². The summed E-state index contributed by atoms with van der Waals surface area (Å²) < 4.78 is 0. The minimum atomic E-state index is -0.748. The van der Waals surface area contributed by atoms with E-state index in [2.05, 4.69) is 15.9 Å². The standard InChI is InChI=1S/C15H18ClN3O2/c16-14-9-12(10-17)1-2-13(14)11-19-7-5-18(6-8-19)4-3-15(20)21/h1-2,9H,3-8,11H2,(H,20,21). The van der Waals surface area contributed by atoms with Gasteiger partial charge in [0.05, 0.1) is 18.1 Å². The molecule has 1 aliphatic rings. The Morgan fingerprint density at radius 2 is 1.95 bits per heavy atom. The van der Waals surface area contributed by atoms with Gasteiger partial charge < -0.3 is 10.0 Å². The molecule has 2 rings (SSSR count). The topological polar surface area (TPSA) is 67.6 Å². The highest BCUT2D eigenvalue weighted by atomic mass is 35.5. The van der Waals surface area contributed by atoms with Gasteiger partial charge in [-0.25, -0.2) is 0 Å². The van der Waals surface area contributed by atoms with E-state index in [4.69, 9.17) is 22.0 Å². The molecule has 0 aromatic heterocycles. The number of nitrogens with zero attached hydrogens (tertiary/aromatic N) is 3. The third-order valence-electron chi connectivity index (χ3n) is 3.68. The number of aliphatic carboxylic acids is 1. The Morgan fingerprint density at radius 3 is 2.52 bits per heavy atom. The Balaban J connectivity index is 1.83. The van der Waals surface area contributed by atoms with Crippen molar-refractivity contribution in [3.05, 3.63) is 34.3 Å². The smallest absolute Gasteiger partial charge is 0.304 e. The summed E-state index contributed by atoms with van der Waals surface area (Å²) in [6.45, 7) is 4.92. The molecule has 1 heterocycles. The number of rotatable bonds is 5. The Kier molecular flexibility index (Phi) is 5.57. The van der Waals surface area contributed by atoms with E-state index in [-0.39, 0.29) is 6.42 Å². The summed E-state index contributed by atoms with van der Waals surface area (Å²) in [6.07, 6.45) is 0.196. The molecule has 0 amide bonds. The fourth-order valence-corrected chi connectivity index (χ4v) is 2.65. The van der Waals surface area contributed by atoms with Crippen LogP contribution in [0.15, 0.2) is 18.2 Å². The van der Waals surface area contributed by atoms with Gasteiger partial charge in [-0.3, -0.25) is 9.69 Å². The molecule has 0 bridgehead atoms. The lowest BCUT2D eigenvalue weighted by Crippen LogP contribution is -2.46. The maximum absolute atomic E-state index is 10.6. The lowest BCUT2D eigenvalue weighted by atomic mass is 10.1. The fraction of sp³-hybridized carbons (Fsp3) is 0.467. The Hall–Kier alpha value is -1.61. The van der Waals surface area contributed by atoms with Gasteiger partial charge in [-0.15, -0.1) is 0 Å². The number of hydrogen-bond donors (Lipinski definition) is 1. The van der Waals surface area contributed by atoms with E-state index < -0.39 is 5.97 Å². The number of halogens is 1. The molecule has 0 atom stereocenters. The van der Waals surface area contributed by atoms with Crippen molar-refractivity contribution in [3.63, 3.8) is 0 Å². The molecule has 0 spiro atoms. The average Bonchev–Trinajstić information content (AvgIpc) is 2.48. The second kappa shape index (κ2) is 7.41. The van der Waals surface area contributed by atoms with Crippen molar-refractivity contribution in [3.8, 4) is 6.07 Å². The van der Waals surface area contributed by atoms with E-state index >= 15 is 0 Å². The third kappa shape index (κ3) is 4.71. The van der Waals surface area contributed by atoms with Gasteiger partial charge in [-0.05, 0) is 17.7 Å². The normalized spacial score (nSPS) is 16.6. The van der Waals surface area contributed by atoms with Gasteiger partial charge in [-0.1, -0.05) is 17.7 Å². The van der Waals surface area contributed by atoms with Gasteiger partial charge >= 0.3 is 5.97 Å². The van der Waals surface area contributed by atoms with E-state index in [1.807, 2.05) is 6.07 Å². The summed E-state index contributed by atoms with van der Waals surface area (Å²) in [4.78, 5) is 15.0. The van der Waals surface area contributed by atoms with Crippen LogP contribution in [-0.4, -0.2) is 53.6 Å². The largest absolute Gasteiger partial charge is 0.481 e. The quantitative estimate of drug-likeness (QED) is 0.898. The van der Waals surface area contributed by atoms with Gasteiger partial charge in [0, 0.05) is 44.3 Å². The monoisotopic (exact) mass is 307 g/mol. The highest BCUT2D eigenvalue weighted by Gasteiger charge is 2.18. The van der Waals surface area contributed by atoms with E-state index in [0.29, 0.717) is 17.1 Å². The van der Waals surface area contributed by atoms with E-state index in [0.717, 1.165) is 38.3 Å². The SMILES string of the molecule is N#Cc1ccc(CN2CCN(CCC(=O)O)CC2)c(Cl)c1. The van der Waals surface area contributed by atoms with Crippen molar-refractivity contribution < 1.29 is 9.90 Å². The minimum absolute atomic E-state index is 0.196. The molecule has 6 heteroatoms. The molecule has 0 unspecified atom stereocenters. The molecule has 1 N–H and O–H groups in total. The molecule has 112 valence electrons. The van der Waals surface area contributed by atoms with E-state index in [1.165, 1.54) is 0 Å². The van der Waals surface area contributed by atoms with E-state index in [9.17, 15) is 4.79 Å².